The minimum Gasteiger partial charge on any atom is -0.394 e. The third kappa shape index (κ3) is 4.40. The van der Waals surface area contributed by atoms with E-state index < -0.39 is 0 Å². The monoisotopic (exact) mass is 289 g/mol. The van der Waals surface area contributed by atoms with Crippen LogP contribution in [-0.2, 0) is 4.74 Å². The van der Waals surface area contributed by atoms with Crippen LogP contribution in [0.5, 0.6) is 0 Å². The van der Waals surface area contributed by atoms with Gasteiger partial charge in [-0.2, -0.15) is 5.10 Å². The third-order valence-electron chi connectivity index (χ3n) is 2.89. The highest BCUT2D eigenvalue weighted by Gasteiger charge is 2.11. The van der Waals surface area contributed by atoms with Gasteiger partial charge in [-0.05, 0) is 24.6 Å². The normalized spacial score (nSPS) is 10.5. The minimum absolute atomic E-state index is 0.0175. The second-order valence-electron chi connectivity index (χ2n) is 4.41. The van der Waals surface area contributed by atoms with E-state index >= 15 is 0 Å². The molecule has 2 aromatic rings. The van der Waals surface area contributed by atoms with Crippen molar-refractivity contribution in [2.75, 3.05) is 26.4 Å². The molecule has 0 spiro atoms. The number of aliphatic hydroxyl groups excluding tert-OH is 1. The molecule has 0 radical (unpaired) electrons. The lowest BCUT2D eigenvalue weighted by atomic mass is 10.1. The third-order valence-corrected chi connectivity index (χ3v) is 2.89. The fourth-order valence-corrected chi connectivity index (χ4v) is 1.91. The second-order valence-corrected chi connectivity index (χ2v) is 4.41. The van der Waals surface area contributed by atoms with Gasteiger partial charge in [0.15, 0.2) is 0 Å². The van der Waals surface area contributed by atoms with Crippen LogP contribution in [0.2, 0.25) is 0 Å². The summed E-state index contributed by atoms with van der Waals surface area (Å²) in [5.41, 5.74) is 1.33. The summed E-state index contributed by atoms with van der Waals surface area (Å²) in [6, 6.07) is 9.14. The summed E-state index contributed by atoms with van der Waals surface area (Å²) in [4.78, 5) is 12.2. The molecular weight excluding hydrogens is 270 g/mol. The predicted molar refractivity (Wildman–Crippen MR) is 78.4 cm³/mol. The molecule has 1 aromatic carbocycles. The maximum Gasteiger partial charge on any atom is 0.253 e. The van der Waals surface area contributed by atoms with Crippen LogP contribution in [0.15, 0.2) is 42.7 Å². The van der Waals surface area contributed by atoms with E-state index in [9.17, 15) is 4.79 Å². The van der Waals surface area contributed by atoms with Crippen LogP contribution >= 0.6 is 0 Å². The zero-order valence-corrected chi connectivity index (χ0v) is 11.7. The van der Waals surface area contributed by atoms with Gasteiger partial charge in [-0.1, -0.05) is 12.1 Å². The summed E-state index contributed by atoms with van der Waals surface area (Å²) in [5, 5.41) is 15.6. The molecule has 0 bridgehead atoms. The van der Waals surface area contributed by atoms with Crippen LogP contribution < -0.4 is 5.32 Å². The van der Waals surface area contributed by atoms with Gasteiger partial charge >= 0.3 is 0 Å². The first-order valence-electron chi connectivity index (χ1n) is 6.89. The van der Waals surface area contributed by atoms with Gasteiger partial charge in [0.05, 0.1) is 24.5 Å². The Labute approximate surface area is 123 Å². The highest BCUT2D eigenvalue weighted by atomic mass is 16.5. The lowest BCUT2D eigenvalue weighted by Crippen LogP contribution is -2.26. The van der Waals surface area contributed by atoms with Crippen LogP contribution in [0.1, 0.15) is 16.8 Å². The van der Waals surface area contributed by atoms with E-state index in [2.05, 4.69) is 10.4 Å². The molecule has 1 heterocycles. The van der Waals surface area contributed by atoms with Gasteiger partial charge in [-0.15, -0.1) is 0 Å². The van der Waals surface area contributed by atoms with Crippen LogP contribution in [0, 0.1) is 0 Å². The SMILES string of the molecule is O=C(NCCCOCCO)c1ccccc1-n1cccn1. The van der Waals surface area contributed by atoms with Gasteiger partial charge in [0.1, 0.15) is 0 Å². The Morgan fingerprint density at radius 2 is 2.14 bits per heavy atom. The zero-order valence-electron chi connectivity index (χ0n) is 11.7. The Balaban J connectivity index is 1.91. The van der Waals surface area contributed by atoms with Crippen LogP contribution in [-0.4, -0.2) is 47.2 Å². The maximum absolute atomic E-state index is 12.2. The second kappa shape index (κ2) is 8.18. The van der Waals surface area contributed by atoms with Gasteiger partial charge in [-0.3, -0.25) is 4.79 Å². The van der Waals surface area contributed by atoms with Gasteiger partial charge in [0, 0.05) is 25.5 Å². The van der Waals surface area contributed by atoms with E-state index in [-0.39, 0.29) is 12.5 Å². The van der Waals surface area contributed by atoms with Gasteiger partial charge in [-0.25, -0.2) is 4.68 Å². The number of nitrogens with one attached hydrogen (secondary N) is 1. The molecule has 0 fully saturated rings. The number of carbonyl (C=O) groups excluding carboxylic acids is 1. The van der Waals surface area contributed by atoms with Gasteiger partial charge in [0.25, 0.3) is 5.91 Å². The number of ether oxygens (including phenoxy) is 1. The molecular formula is C15H19N3O3. The number of aliphatic hydroxyl groups is 1. The number of hydrogen-bond donors (Lipinski definition) is 2. The predicted octanol–water partition coefficient (Wildman–Crippen LogP) is 1.00. The molecule has 0 aliphatic carbocycles. The molecule has 112 valence electrons. The molecule has 0 aliphatic heterocycles. The molecule has 21 heavy (non-hydrogen) atoms. The molecule has 2 rings (SSSR count). The standard InChI is InChI=1S/C15H19N3O3/c19-10-12-21-11-4-7-16-15(20)13-5-1-2-6-14(13)18-9-3-8-17-18/h1-3,5-6,8-9,19H,4,7,10-12H2,(H,16,20). The Bertz CT molecular complexity index is 555. The number of rotatable bonds is 8. The summed E-state index contributed by atoms with van der Waals surface area (Å²) < 4.78 is 6.80. The van der Waals surface area contributed by atoms with Crippen molar-refractivity contribution in [1.82, 2.24) is 15.1 Å². The van der Waals surface area contributed by atoms with Crippen molar-refractivity contribution in [2.45, 2.75) is 6.42 Å². The Hall–Kier alpha value is -2.18. The lowest BCUT2D eigenvalue weighted by Gasteiger charge is -2.10. The number of nitrogens with zero attached hydrogens (tertiary/aromatic N) is 2. The van der Waals surface area contributed by atoms with Crippen molar-refractivity contribution < 1.29 is 14.6 Å². The van der Waals surface area contributed by atoms with E-state index in [0.29, 0.717) is 31.7 Å². The number of carbonyl (C=O) groups is 1. The summed E-state index contributed by atoms with van der Waals surface area (Å²) >= 11 is 0. The summed E-state index contributed by atoms with van der Waals surface area (Å²) in [5.74, 6) is -0.136. The van der Waals surface area contributed by atoms with Crippen molar-refractivity contribution in [3.05, 3.63) is 48.3 Å². The average molecular weight is 289 g/mol. The first-order valence-corrected chi connectivity index (χ1v) is 6.89. The van der Waals surface area contributed by atoms with E-state index in [1.54, 1.807) is 23.1 Å². The molecule has 1 aromatic heterocycles. The Morgan fingerprint density at radius 3 is 2.90 bits per heavy atom. The quantitative estimate of drug-likeness (QED) is 0.711. The van der Waals surface area contributed by atoms with Gasteiger partial charge in [0.2, 0.25) is 0 Å². The van der Waals surface area contributed by atoms with Crippen molar-refractivity contribution in [2.24, 2.45) is 0 Å². The largest absolute Gasteiger partial charge is 0.394 e. The van der Waals surface area contributed by atoms with Gasteiger partial charge < -0.3 is 15.2 Å². The summed E-state index contributed by atoms with van der Waals surface area (Å²) in [6.45, 7) is 1.39. The highest BCUT2D eigenvalue weighted by molar-refractivity contribution is 5.97. The van der Waals surface area contributed by atoms with E-state index in [1.807, 2.05) is 24.3 Å². The number of hydrogen-bond acceptors (Lipinski definition) is 4. The summed E-state index contributed by atoms with van der Waals surface area (Å²) in [6.07, 6.45) is 4.18. The lowest BCUT2D eigenvalue weighted by molar-refractivity contribution is 0.0867. The van der Waals surface area contributed by atoms with E-state index in [1.165, 1.54) is 0 Å². The minimum atomic E-state index is -0.136. The fourth-order valence-electron chi connectivity index (χ4n) is 1.91. The molecule has 2 N–H and O–H groups in total. The van der Waals surface area contributed by atoms with Crippen molar-refractivity contribution in [3.8, 4) is 5.69 Å². The number of benzene rings is 1. The van der Waals surface area contributed by atoms with E-state index in [4.69, 9.17) is 9.84 Å². The van der Waals surface area contributed by atoms with Crippen LogP contribution in [0.3, 0.4) is 0 Å². The van der Waals surface area contributed by atoms with Crippen LogP contribution in [0.4, 0.5) is 0 Å². The smallest absolute Gasteiger partial charge is 0.253 e. The molecule has 0 atom stereocenters. The van der Waals surface area contributed by atoms with Crippen molar-refractivity contribution in [3.63, 3.8) is 0 Å². The van der Waals surface area contributed by atoms with Crippen molar-refractivity contribution >= 4 is 5.91 Å². The van der Waals surface area contributed by atoms with E-state index in [0.717, 1.165) is 5.69 Å². The number of amides is 1. The molecule has 0 saturated heterocycles. The molecule has 0 unspecified atom stereocenters. The molecule has 0 saturated carbocycles. The fraction of sp³-hybridized carbons (Fsp3) is 0.333. The van der Waals surface area contributed by atoms with Crippen LogP contribution in [0.25, 0.3) is 5.69 Å². The zero-order chi connectivity index (χ0) is 14.9. The highest BCUT2D eigenvalue weighted by Crippen LogP contribution is 2.13. The topological polar surface area (TPSA) is 76.4 Å². The Kier molecular flexibility index (Phi) is 5.93. The Morgan fingerprint density at radius 1 is 1.29 bits per heavy atom. The van der Waals surface area contributed by atoms with Crippen molar-refractivity contribution in [1.29, 1.82) is 0 Å². The molecule has 1 amide bonds. The molecule has 0 aliphatic rings. The first kappa shape index (κ1) is 15.2. The number of para-hydroxylation sites is 1. The molecule has 6 heteroatoms. The molecule has 6 nitrogen and oxygen atoms in total. The maximum atomic E-state index is 12.2. The first-order chi connectivity index (χ1) is 10.3. The summed E-state index contributed by atoms with van der Waals surface area (Å²) in [7, 11) is 0. The number of aromatic nitrogens is 2. The average Bonchev–Trinajstić information content (AvgIpc) is 3.05.